The summed E-state index contributed by atoms with van der Waals surface area (Å²) in [5, 5.41) is 11.7. The number of unbranched alkanes of at least 4 members (excludes halogenated alkanes) is 3. The van der Waals surface area contributed by atoms with Crippen LogP contribution < -0.4 is 31.9 Å². The molecule has 0 aliphatic carbocycles. The summed E-state index contributed by atoms with van der Waals surface area (Å²) in [5.74, 6) is 1.55. The first-order valence-corrected chi connectivity index (χ1v) is 19.9. The van der Waals surface area contributed by atoms with Crippen molar-refractivity contribution >= 4 is 52.7 Å². The van der Waals surface area contributed by atoms with E-state index in [0.29, 0.717) is 36.0 Å². The maximum atomic E-state index is 15.2. The van der Waals surface area contributed by atoms with Gasteiger partial charge in [-0.1, -0.05) is 85.3 Å². The predicted molar refractivity (Wildman–Crippen MR) is 199 cm³/mol. The molecule has 3 N–H and O–H groups in total. The van der Waals surface area contributed by atoms with E-state index in [2.05, 4.69) is 16.0 Å². The lowest BCUT2D eigenvalue weighted by Gasteiger charge is -2.24. The number of hydrogen-bond donors (Lipinski definition) is 3. The van der Waals surface area contributed by atoms with Gasteiger partial charge in [-0.15, -0.1) is 0 Å². The van der Waals surface area contributed by atoms with Crippen LogP contribution in [-0.4, -0.2) is 59.6 Å². The molecule has 3 amide bonds. The molecule has 3 aromatic rings. The Morgan fingerprint density at radius 2 is 1.56 bits per heavy atom. The van der Waals surface area contributed by atoms with E-state index in [1.165, 1.54) is 0 Å². The van der Waals surface area contributed by atoms with Crippen LogP contribution in [0.2, 0.25) is 0 Å². The molecule has 0 spiro atoms. The molecule has 2 heterocycles. The van der Waals surface area contributed by atoms with Gasteiger partial charge in [-0.3, -0.25) is 4.79 Å². The molecule has 0 saturated carbocycles. The monoisotopic (exact) mass is 688 g/mol. The van der Waals surface area contributed by atoms with Gasteiger partial charge in [0, 0.05) is 45.4 Å². The minimum Gasteiger partial charge on any atom is -0.477 e. The van der Waals surface area contributed by atoms with Crippen LogP contribution in [0.5, 0.6) is 0 Å². The van der Waals surface area contributed by atoms with Crippen LogP contribution in [0.25, 0.3) is 0 Å². The number of amides is 3. The zero-order valence-electron chi connectivity index (χ0n) is 28.3. The topological polar surface area (TPSA) is 109 Å². The minimum atomic E-state index is -3.24. The highest BCUT2D eigenvalue weighted by molar-refractivity contribution is 8.00. The zero-order chi connectivity index (χ0) is 34.0. The highest BCUT2D eigenvalue weighted by Crippen LogP contribution is 2.43. The molecule has 0 unspecified atom stereocenters. The van der Waals surface area contributed by atoms with Gasteiger partial charge >= 0.3 is 6.03 Å². The molecule has 0 radical (unpaired) electrons. The fourth-order valence-electron chi connectivity index (χ4n) is 6.27. The Balaban J connectivity index is 1.12. The Hall–Kier alpha value is -3.55. The summed E-state index contributed by atoms with van der Waals surface area (Å²) < 4.78 is 21.6. The third-order valence-corrected chi connectivity index (χ3v) is 13.2. The van der Waals surface area contributed by atoms with Gasteiger partial charge in [0.2, 0.25) is 11.8 Å². The van der Waals surface area contributed by atoms with Gasteiger partial charge in [0.15, 0.2) is 7.14 Å². The summed E-state index contributed by atoms with van der Waals surface area (Å²) in [7, 11) is -3.24. The summed E-state index contributed by atoms with van der Waals surface area (Å²) in [6, 6.07) is 27.5. The second-order valence-corrected chi connectivity index (χ2v) is 17.5. The van der Waals surface area contributed by atoms with Crippen LogP contribution in [0.3, 0.4) is 0 Å². The smallest absolute Gasteiger partial charge is 0.315 e. The normalized spacial score (nSPS) is 19.4. The maximum Gasteiger partial charge on any atom is 0.315 e. The Kier molecular flexibility index (Phi) is 12.4. The third-order valence-electron chi connectivity index (χ3n) is 8.61. The standard InChI is InChI=1S/C38H49N4O4PS/c1-38(2,3)42-36(30-21-11-12-22-32(30)47(45,28-17-7-4-8-18-28)29-19-9-5-10-20-29)46-26-16-6-15-25-39-34(43)24-14-13-23-33-35-31(27-48-33)40-37(44)41-35/h4-5,7-12,17-22,31,33,35H,6,13-16,23-27H2,1-3H3,(H,39,43)(H2,40,41,44)/t31-,33-,35-/m0/s1. The van der Waals surface area contributed by atoms with E-state index >= 15 is 4.57 Å². The molecule has 8 nitrogen and oxygen atoms in total. The molecule has 2 saturated heterocycles. The van der Waals surface area contributed by atoms with E-state index < -0.39 is 12.7 Å². The number of nitrogens with zero attached hydrogens (tertiary/aromatic N) is 1. The number of benzene rings is 3. The first-order chi connectivity index (χ1) is 23.1. The molecule has 3 atom stereocenters. The average molecular weight is 689 g/mol. The summed E-state index contributed by atoms with van der Waals surface area (Å²) in [6.45, 7) is 7.21. The van der Waals surface area contributed by atoms with E-state index in [0.717, 1.165) is 60.5 Å². The van der Waals surface area contributed by atoms with Crippen molar-refractivity contribution in [3.63, 3.8) is 0 Å². The third kappa shape index (κ3) is 9.32. The molecule has 256 valence electrons. The lowest BCUT2D eigenvalue weighted by atomic mass is 10.0. The molecule has 2 aliphatic heterocycles. The van der Waals surface area contributed by atoms with E-state index in [-0.39, 0.29) is 24.0 Å². The van der Waals surface area contributed by atoms with E-state index in [4.69, 9.17) is 9.73 Å². The average Bonchev–Trinajstić information content (AvgIpc) is 3.64. The number of carbonyl (C=O) groups is 2. The molecule has 0 aromatic heterocycles. The fourth-order valence-corrected chi connectivity index (χ4v) is 10.7. The number of carbonyl (C=O) groups excluding carboxylic acids is 2. The first kappa shape index (κ1) is 35.7. The van der Waals surface area contributed by atoms with E-state index in [1.54, 1.807) is 0 Å². The molecule has 48 heavy (non-hydrogen) atoms. The summed E-state index contributed by atoms with van der Waals surface area (Å²) in [4.78, 5) is 28.9. The Labute approximate surface area is 289 Å². The van der Waals surface area contributed by atoms with Gasteiger partial charge in [0.25, 0.3) is 0 Å². The molecule has 5 rings (SSSR count). The summed E-state index contributed by atoms with van der Waals surface area (Å²) in [6.07, 6.45) is 5.96. The number of ether oxygens (including phenoxy) is 1. The molecule has 3 aromatic carbocycles. The summed E-state index contributed by atoms with van der Waals surface area (Å²) >= 11 is 1.91. The predicted octanol–water partition coefficient (Wildman–Crippen LogP) is 5.90. The number of fused-ring (bicyclic) bond motifs is 1. The lowest BCUT2D eigenvalue weighted by molar-refractivity contribution is -0.121. The number of thioether (sulfide) groups is 1. The van der Waals surface area contributed by atoms with Gasteiger partial charge in [-0.25, -0.2) is 9.79 Å². The van der Waals surface area contributed by atoms with E-state index in [9.17, 15) is 9.59 Å². The van der Waals surface area contributed by atoms with Crippen LogP contribution in [0, 0.1) is 0 Å². The van der Waals surface area contributed by atoms with Crippen molar-refractivity contribution in [2.24, 2.45) is 4.99 Å². The van der Waals surface area contributed by atoms with Crippen molar-refractivity contribution in [2.45, 2.75) is 88.6 Å². The molecule has 0 bridgehead atoms. The van der Waals surface area contributed by atoms with Gasteiger partial charge in [-0.2, -0.15) is 11.8 Å². The fraction of sp³-hybridized carbons (Fsp3) is 0.447. The van der Waals surface area contributed by atoms with Crippen LogP contribution in [0.15, 0.2) is 89.9 Å². The number of nitrogens with one attached hydrogen (secondary N) is 3. The highest BCUT2D eigenvalue weighted by Gasteiger charge is 2.42. The quantitative estimate of drug-likeness (QED) is 0.0606. The SMILES string of the molecule is CC(C)(C)N=C(OCCCCCNC(=O)CCCC[C@@H]1SC[C@@H]2NC(=O)N[C@@H]21)c1ccccc1P(=O)(c1ccccc1)c1ccccc1. The van der Waals surface area contributed by atoms with Crippen molar-refractivity contribution in [1.82, 2.24) is 16.0 Å². The molecule has 2 aliphatic rings. The largest absolute Gasteiger partial charge is 0.477 e. The van der Waals surface area contributed by atoms with Crippen LogP contribution >= 0.6 is 18.9 Å². The van der Waals surface area contributed by atoms with Crippen LogP contribution in [-0.2, 0) is 14.1 Å². The van der Waals surface area contributed by atoms with Crippen molar-refractivity contribution < 1.29 is 18.9 Å². The lowest BCUT2D eigenvalue weighted by Crippen LogP contribution is -2.36. The summed E-state index contributed by atoms with van der Waals surface area (Å²) in [5.41, 5.74) is 0.338. The molecule has 10 heteroatoms. The second-order valence-electron chi connectivity index (χ2n) is 13.5. The number of aliphatic imine (C=N–C) groups is 1. The van der Waals surface area contributed by atoms with Crippen LogP contribution in [0.1, 0.15) is 71.3 Å². The van der Waals surface area contributed by atoms with Crippen molar-refractivity contribution in [3.05, 3.63) is 90.5 Å². The molecular formula is C38H49N4O4PS. The number of hydrogen-bond acceptors (Lipinski definition) is 6. The highest BCUT2D eigenvalue weighted by atomic mass is 32.2. The van der Waals surface area contributed by atoms with Gasteiger partial charge in [-0.05, 0) is 58.9 Å². The maximum absolute atomic E-state index is 15.2. The van der Waals surface area contributed by atoms with Crippen molar-refractivity contribution in [3.8, 4) is 0 Å². The number of rotatable bonds is 15. The zero-order valence-corrected chi connectivity index (χ0v) is 30.0. The van der Waals surface area contributed by atoms with Crippen molar-refractivity contribution in [2.75, 3.05) is 18.9 Å². The van der Waals surface area contributed by atoms with Crippen molar-refractivity contribution in [1.29, 1.82) is 0 Å². The van der Waals surface area contributed by atoms with E-state index in [1.807, 2.05) is 117 Å². The van der Waals surface area contributed by atoms with Gasteiger partial charge in [0.1, 0.15) is 0 Å². The molecule has 2 fully saturated rings. The Bertz CT molecular complexity index is 1550. The van der Waals surface area contributed by atoms with Gasteiger partial charge < -0.3 is 25.3 Å². The Morgan fingerprint density at radius 3 is 2.25 bits per heavy atom. The first-order valence-electron chi connectivity index (χ1n) is 17.1. The second kappa shape index (κ2) is 16.7. The van der Waals surface area contributed by atoms with Crippen LogP contribution in [0.4, 0.5) is 4.79 Å². The Morgan fingerprint density at radius 1 is 0.896 bits per heavy atom. The number of urea groups is 1. The van der Waals surface area contributed by atoms with Gasteiger partial charge in [0.05, 0.1) is 24.2 Å². The molecular weight excluding hydrogens is 639 g/mol. The minimum absolute atomic E-state index is 0.0563.